The minimum absolute atomic E-state index is 0.307. The molecular formula is C24H26O6S. The molecule has 0 fully saturated rings. The van der Waals surface area contributed by atoms with Gasteiger partial charge in [-0.05, 0) is 48.5 Å². The van der Waals surface area contributed by atoms with E-state index in [1.807, 2.05) is 48.5 Å². The maximum atomic E-state index is 10.9. The third kappa shape index (κ3) is 9.91. The van der Waals surface area contributed by atoms with Gasteiger partial charge in [0.05, 0.1) is 26.4 Å². The predicted molar refractivity (Wildman–Crippen MR) is 120 cm³/mol. The molecule has 164 valence electrons. The Balaban J connectivity index is 1.68. The normalized spacial score (nSPS) is 10.1. The maximum absolute atomic E-state index is 10.9. The van der Waals surface area contributed by atoms with Gasteiger partial charge in [-0.2, -0.15) is 0 Å². The van der Waals surface area contributed by atoms with Crippen LogP contribution in [0.15, 0.2) is 83.6 Å². The third-order valence-corrected chi connectivity index (χ3v) is 4.84. The van der Waals surface area contributed by atoms with Gasteiger partial charge in [0.2, 0.25) is 0 Å². The monoisotopic (exact) mass is 442 g/mol. The molecular weight excluding hydrogens is 416 g/mol. The molecule has 2 rings (SSSR count). The zero-order valence-electron chi connectivity index (χ0n) is 17.3. The summed E-state index contributed by atoms with van der Waals surface area (Å²) >= 11 is 1.64. The van der Waals surface area contributed by atoms with Crippen molar-refractivity contribution < 1.29 is 28.5 Å². The molecule has 0 saturated heterocycles. The largest absolute Gasteiger partial charge is 0.493 e. The summed E-state index contributed by atoms with van der Waals surface area (Å²) in [4.78, 5) is 24.1. The number of carbonyl (C=O) groups is 2. The standard InChI is InChI=1S/C24H26O6S/c1-3-23(25)29-17-5-15-27-19-7-11-21(12-8-19)31-22-13-9-20(10-14-22)28-16-6-18-30-24(26)4-2/h3-4,7-14H,1-2,5-6,15-18H2. The van der Waals surface area contributed by atoms with Crippen LogP contribution < -0.4 is 9.47 Å². The highest BCUT2D eigenvalue weighted by molar-refractivity contribution is 7.99. The van der Waals surface area contributed by atoms with Crippen molar-refractivity contribution in [3.63, 3.8) is 0 Å². The van der Waals surface area contributed by atoms with Crippen molar-refractivity contribution in [1.29, 1.82) is 0 Å². The number of carbonyl (C=O) groups excluding carboxylic acids is 2. The van der Waals surface area contributed by atoms with Gasteiger partial charge in [0.25, 0.3) is 0 Å². The summed E-state index contributed by atoms with van der Waals surface area (Å²) in [5.74, 6) is 0.684. The smallest absolute Gasteiger partial charge is 0.330 e. The molecule has 2 aromatic rings. The zero-order valence-corrected chi connectivity index (χ0v) is 18.1. The van der Waals surface area contributed by atoms with Crippen molar-refractivity contribution in [2.45, 2.75) is 22.6 Å². The SMILES string of the molecule is C=CC(=O)OCCCOc1ccc(Sc2ccc(OCCCOC(=O)C=C)cc2)cc1. The van der Waals surface area contributed by atoms with Crippen LogP contribution in [-0.4, -0.2) is 38.4 Å². The van der Waals surface area contributed by atoms with E-state index in [1.165, 1.54) is 0 Å². The highest BCUT2D eigenvalue weighted by Crippen LogP contribution is 2.30. The molecule has 0 unspecified atom stereocenters. The number of hydrogen-bond acceptors (Lipinski definition) is 7. The van der Waals surface area contributed by atoms with Gasteiger partial charge in [-0.3, -0.25) is 0 Å². The van der Waals surface area contributed by atoms with Crippen LogP contribution in [0, 0.1) is 0 Å². The first-order chi connectivity index (χ1) is 15.1. The molecule has 0 radical (unpaired) electrons. The van der Waals surface area contributed by atoms with E-state index in [-0.39, 0.29) is 0 Å². The van der Waals surface area contributed by atoms with E-state index >= 15 is 0 Å². The van der Waals surface area contributed by atoms with Gasteiger partial charge < -0.3 is 18.9 Å². The summed E-state index contributed by atoms with van der Waals surface area (Å²) in [7, 11) is 0. The molecule has 0 aromatic heterocycles. The Hall–Kier alpha value is -3.19. The molecule has 31 heavy (non-hydrogen) atoms. The molecule has 2 aromatic carbocycles. The Bertz CT molecular complexity index is 774. The van der Waals surface area contributed by atoms with E-state index in [0.29, 0.717) is 39.3 Å². The van der Waals surface area contributed by atoms with E-state index in [1.54, 1.807) is 11.8 Å². The average Bonchev–Trinajstić information content (AvgIpc) is 2.80. The van der Waals surface area contributed by atoms with Crippen molar-refractivity contribution >= 4 is 23.7 Å². The quantitative estimate of drug-likeness (QED) is 0.236. The molecule has 0 aliphatic carbocycles. The lowest BCUT2D eigenvalue weighted by Gasteiger charge is -2.09. The van der Waals surface area contributed by atoms with E-state index < -0.39 is 11.9 Å². The van der Waals surface area contributed by atoms with Crippen LogP contribution >= 0.6 is 11.8 Å². The van der Waals surface area contributed by atoms with E-state index in [9.17, 15) is 9.59 Å². The number of ether oxygens (including phenoxy) is 4. The van der Waals surface area contributed by atoms with E-state index in [4.69, 9.17) is 18.9 Å². The molecule has 0 atom stereocenters. The fourth-order valence-corrected chi connectivity index (χ4v) is 3.12. The van der Waals surface area contributed by atoms with Gasteiger partial charge in [0, 0.05) is 34.8 Å². The first-order valence-electron chi connectivity index (χ1n) is 9.82. The summed E-state index contributed by atoms with van der Waals surface area (Å²) in [6, 6.07) is 15.6. The molecule has 0 amide bonds. The van der Waals surface area contributed by atoms with E-state index in [0.717, 1.165) is 33.4 Å². The van der Waals surface area contributed by atoms with Crippen LogP contribution in [-0.2, 0) is 19.1 Å². The van der Waals surface area contributed by atoms with Gasteiger partial charge >= 0.3 is 11.9 Å². The highest BCUT2D eigenvalue weighted by atomic mass is 32.2. The van der Waals surface area contributed by atoms with Crippen LogP contribution in [0.2, 0.25) is 0 Å². The fourth-order valence-electron chi connectivity index (χ4n) is 2.31. The predicted octanol–water partition coefficient (Wildman–Crippen LogP) is 4.83. The lowest BCUT2D eigenvalue weighted by atomic mass is 10.3. The van der Waals surface area contributed by atoms with Gasteiger partial charge in [0.15, 0.2) is 0 Å². The summed E-state index contributed by atoms with van der Waals surface area (Å²) in [5, 5.41) is 0. The summed E-state index contributed by atoms with van der Waals surface area (Å²) in [6.45, 7) is 8.24. The number of benzene rings is 2. The third-order valence-electron chi connectivity index (χ3n) is 3.82. The molecule has 6 nitrogen and oxygen atoms in total. The average molecular weight is 443 g/mol. The first kappa shape index (κ1) is 24.1. The van der Waals surface area contributed by atoms with Gasteiger partial charge in [-0.25, -0.2) is 9.59 Å². The number of hydrogen-bond donors (Lipinski definition) is 0. The molecule has 0 saturated carbocycles. The van der Waals surface area contributed by atoms with Crippen LogP contribution in [0.4, 0.5) is 0 Å². The molecule has 0 N–H and O–H groups in total. The molecule has 0 heterocycles. The molecule has 0 aliphatic rings. The number of esters is 2. The van der Waals surface area contributed by atoms with Crippen LogP contribution in [0.1, 0.15) is 12.8 Å². The van der Waals surface area contributed by atoms with Crippen LogP contribution in [0.5, 0.6) is 11.5 Å². The van der Waals surface area contributed by atoms with E-state index in [2.05, 4.69) is 13.2 Å². The van der Waals surface area contributed by atoms with Gasteiger partial charge in [-0.1, -0.05) is 24.9 Å². The summed E-state index contributed by atoms with van der Waals surface area (Å²) < 4.78 is 21.1. The zero-order chi connectivity index (χ0) is 22.3. The minimum Gasteiger partial charge on any atom is -0.493 e. The minimum atomic E-state index is -0.424. The van der Waals surface area contributed by atoms with Crippen molar-refractivity contribution in [2.75, 3.05) is 26.4 Å². The Labute approximate surface area is 186 Å². The van der Waals surface area contributed by atoms with Crippen molar-refractivity contribution in [1.82, 2.24) is 0 Å². The van der Waals surface area contributed by atoms with Crippen molar-refractivity contribution in [3.8, 4) is 11.5 Å². The van der Waals surface area contributed by atoms with Gasteiger partial charge in [0.1, 0.15) is 11.5 Å². The topological polar surface area (TPSA) is 71.1 Å². The molecule has 7 heteroatoms. The van der Waals surface area contributed by atoms with Crippen LogP contribution in [0.25, 0.3) is 0 Å². The summed E-state index contributed by atoms with van der Waals surface area (Å²) in [6.07, 6.45) is 3.52. The Morgan fingerprint density at radius 1 is 0.677 bits per heavy atom. The molecule has 0 bridgehead atoms. The molecule has 0 aliphatic heterocycles. The molecule has 0 spiro atoms. The summed E-state index contributed by atoms with van der Waals surface area (Å²) in [5.41, 5.74) is 0. The maximum Gasteiger partial charge on any atom is 0.330 e. The Kier molecular flexibility index (Phi) is 10.8. The second-order valence-corrected chi connectivity index (χ2v) is 7.34. The number of rotatable bonds is 14. The van der Waals surface area contributed by atoms with Crippen molar-refractivity contribution in [3.05, 3.63) is 73.8 Å². The first-order valence-corrected chi connectivity index (χ1v) is 10.6. The highest BCUT2D eigenvalue weighted by Gasteiger charge is 2.02. The lowest BCUT2D eigenvalue weighted by molar-refractivity contribution is -0.138. The van der Waals surface area contributed by atoms with Crippen molar-refractivity contribution in [2.24, 2.45) is 0 Å². The lowest BCUT2D eigenvalue weighted by Crippen LogP contribution is -2.06. The second kappa shape index (κ2) is 13.9. The Morgan fingerprint density at radius 2 is 1.06 bits per heavy atom. The van der Waals surface area contributed by atoms with Crippen LogP contribution in [0.3, 0.4) is 0 Å². The Morgan fingerprint density at radius 3 is 1.42 bits per heavy atom. The van der Waals surface area contributed by atoms with Gasteiger partial charge in [-0.15, -0.1) is 0 Å². The fraction of sp³-hybridized carbons (Fsp3) is 0.250. The second-order valence-electron chi connectivity index (χ2n) is 6.19.